The lowest BCUT2D eigenvalue weighted by molar-refractivity contribution is 0.0540. The number of anilines is 1. The Morgan fingerprint density at radius 1 is 1.29 bits per heavy atom. The standard InChI is InChI=1S/C21H27Cl2N5O6S/c1-9(33-3)7-24-18(29)16-17(20(31)32)35-21(27-16)28-6-5-11(12(8-28)34-4)26-19(30)15-14(23)13(22)10(2)25-15/h9,11-12,25H,5-8H2,1-4H3,(H,24,29)(H,26,30)(H,31,32)/t9-,11+,12-/m0/s1. The van der Waals surface area contributed by atoms with Gasteiger partial charge in [0.1, 0.15) is 10.6 Å². The van der Waals surface area contributed by atoms with E-state index in [9.17, 15) is 19.5 Å². The minimum atomic E-state index is -1.24. The number of rotatable bonds is 9. The molecule has 4 N–H and O–H groups in total. The van der Waals surface area contributed by atoms with Gasteiger partial charge in [-0.25, -0.2) is 9.78 Å². The Morgan fingerprint density at radius 2 is 2.00 bits per heavy atom. The van der Waals surface area contributed by atoms with Crippen molar-refractivity contribution < 1.29 is 29.0 Å². The molecule has 2 aromatic rings. The lowest BCUT2D eigenvalue weighted by Crippen LogP contribution is -2.55. The third-order valence-electron chi connectivity index (χ3n) is 5.71. The summed E-state index contributed by atoms with van der Waals surface area (Å²) in [5.41, 5.74) is 0.615. The van der Waals surface area contributed by atoms with Gasteiger partial charge in [-0.05, 0) is 20.3 Å². The molecule has 192 valence electrons. The van der Waals surface area contributed by atoms with Gasteiger partial charge >= 0.3 is 5.97 Å². The molecule has 1 aliphatic heterocycles. The first-order valence-electron chi connectivity index (χ1n) is 10.7. The highest BCUT2D eigenvalue weighted by molar-refractivity contribution is 7.17. The number of thiazole rings is 1. The van der Waals surface area contributed by atoms with Gasteiger partial charge in [-0.1, -0.05) is 34.5 Å². The molecule has 0 spiro atoms. The number of piperidine rings is 1. The lowest BCUT2D eigenvalue weighted by atomic mass is 10.0. The Bertz CT molecular complexity index is 1110. The van der Waals surface area contributed by atoms with Crippen molar-refractivity contribution in [3.05, 3.63) is 32.0 Å². The third-order valence-corrected chi connectivity index (χ3v) is 7.76. The number of hydrogen-bond acceptors (Lipinski definition) is 8. The predicted octanol–water partition coefficient (Wildman–Crippen LogP) is 2.57. The smallest absolute Gasteiger partial charge is 0.348 e. The average molecular weight is 548 g/mol. The summed E-state index contributed by atoms with van der Waals surface area (Å²) in [6, 6.07) is -0.334. The summed E-state index contributed by atoms with van der Waals surface area (Å²) in [7, 11) is 3.04. The SMILES string of the molecule is CO[C@H]1CN(c2nc(C(=O)NC[C@H](C)OC)c(C(=O)O)s2)CC[C@H]1NC(=O)c1[nH]c(C)c(Cl)c1Cl. The zero-order valence-corrected chi connectivity index (χ0v) is 21.9. The van der Waals surface area contributed by atoms with Gasteiger partial charge in [0.25, 0.3) is 11.8 Å². The predicted molar refractivity (Wildman–Crippen MR) is 132 cm³/mol. The molecule has 35 heavy (non-hydrogen) atoms. The van der Waals surface area contributed by atoms with Crippen LogP contribution in [0.3, 0.4) is 0 Å². The first-order chi connectivity index (χ1) is 16.6. The number of hydrogen-bond donors (Lipinski definition) is 4. The van der Waals surface area contributed by atoms with E-state index in [4.69, 9.17) is 32.7 Å². The van der Waals surface area contributed by atoms with Crippen LogP contribution in [-0.4, -0.2) is 85.0 Å². The number of aromatic nitrogens is 2. The van der Waals surface area contributed by atoms with Gasteiger partial charge < -0.3 is 35.1 Å². The van der Waals surface area contributed by atoms with Crippen LogP contribution in [-0.2, 0) is 9.47 Å². The van der Waals surface area contributed by atoms with Crippen molar-refractivity contribution in [2.24, 2.45) is 0 Å². The number of aromatic carboxylic acids is 1. The molecular formula is C21H27Cl2N5O6S. The summed E-state index contributed by atoms with van der Waals surface area (Å²) in [5, 5.41) is 16.0. The van der Waals surface area contributed by atoms with E-state index < -0.39 is 23.9 Å². The number of aromatic amines is 1. The number of nitrogens with zero attached hydrogens (tertiary/aromatic N) is 2. The fourth-order valence-electron chi connectivity index (χ4n) is 3.61. The minimum Gasteiger partial charge on any atom is -0.477 e. The van der Waals surface area contributed by atoms with Crippen molar-refractivity contribution in [2.75, 3.05) is 38.8 Å². The molecule has 2 amide bonds. The number of nitrogens with one attached hydrogen (secondary N) is 3. The molecule has 1 aliphatic rings. The molecule has 14 heteroatoms. The molecule has 0 bridgehead atoms. The largest absolute Gasteiger partial charge is 0.477 e. The Morgan fingerprint density at radius 3 is 2.57 bits per heavy atom. The van der Waals surface area contributed by atoms with Crippen LogP contribution in [0.4, 0.5) is 5.13 Å². The maximum atomic E-state index is 12.8. The second-order valence-electron chi connectivity index (χ2n) is 8.08. The molecular weight excluding hydrogens is 521 g/mol. The molecule has 0 aromatic carbocycles. The summed E-state index contributed by atoms with van der Waals surface area (Å²) in [5.74, 6) is -2.23. The van der Waals surface area contributed by atoms with Crippen LogP contribution < -0.4 is 15.5 Å². The number of aryl methyl sites for hydroxylation is 1. The number of H-pyrrole nitrogens is 1. The molecule has 2 aromatic heterocycles. The number of carboxylic acid groups (broad SMARTS) is 1. The van der Waals surface area contributed by atoms with Gasteiger partial charge in [0.2, 0.25) is 0 Å². The fraction of sp³-hybridized carbons (Fsp3) is 0.524. The molecule has 0 radical (unpaired) electrons. The van der Waals surface area contributed by atoms with E-state index in [1.165, 1.54) is 14.2 Å². The van der Waals surface area contributed by atoms with Crippen LogP contribution in [0.2, 0.25) is 10.0 Å². The van der Waals surface area contributed by atoms with Gasteiger partial charge in [0.05, 0.1) is 28.3 Å². The van der Waals surface area contributed by atoms with Crippen LogP contribution in [0.15, 0.2) is 0 Å². The van der Waals surface area contributed by atoms with Gasteiger partial charge in [0, 0.05) is 39.5 Å². The van der Waals surface area contributed by atoms with Crippen molar-refractivity contribution in [2.45, 2.75) is 38.5 Å². The van der Waals surface area contributed by atoms with Gasteiger partial charge in [-0.3, -0.25) is 9.59 Å². The van der Waals surface area contributed by atoms with E-state index >= 15 is 0 Å². The monoisotopic (exact) mass is 547 g/mol. The Labute approximate surface area is 216 Å². The molecule has 1 saturated heterocycles. The molecule has 0 unspecified atom stereocenters. The second-order valence-corrected chi connectivity index (χ2v) is 9.81. The van der Waals surface area contributed by atoms with Gasteiger partial charge in [0.15, 0.2) is 10.8 Å². The topological polar surface area (TPSA) is 146 Å². The molecule has 11 nitrogen and oxygen atoms in total. The molecule has 1 fully saturated rings. The first kappa shape index (κ1) is 27.2. The zero-order chi connectivity index (χ0) is 25.9. The van der Waals surface area contributed by atoms with Crippen molar-refractivity contribution in [3.8, 4) is 0 Å². The van der Waals surface area contributed by atoms with Crippen LogP contribution >= 0.6 is 34.5 Å². The number of carbonyl (C=O) groups is 3. The fourth-order valence-corrected chi connectivity index (χ4v) is 4.96. The highest BCUT2D eigenvalue weighted by Crippen LogP contribution is 2.31. The van der Waals surface area contributed by atoms with Crippen molar-refractivity contribution >= 4 is 57.5 Å². The van der Waals surface area contributed by atoms with Crippen LogP contribution in [0.25, 0.3) is 0 Å². The van der Waals surface area contributed by atoms with Crippen molar-refractivity contribution in [1.82, 2.24) is 20.6 Å². The Kier molecular flexibility index (Phi) is 9.00. The number of carbonyl (C=O) groups excluding carboxylic acids is 2. The second kappa shape index (κ2) is 11.6. The van der Waals surface area contributed by atoms with E-state index in [2.05, 4.69) is 20.6 Å². The molecule has 0 saturated carbocycles. The Balaban J connectivity index is 1.72. The van der Waals surface area contributed by atoms with E-state index in [-0.39, 0.29) is 40.0 Å². The summed E-state index contributed by atoms with van der Waals surface area (Å²) >= 11 is 13.1. The Hall–Kier alpha value is -2.38. The van der Waals surface area contributed by atoms with Crippen molar-refractivity contribution in [1.29, 1.82) is 0 Å². The van der Waals surface area contributed by atoms with Crippen LogP contribution in [0.1, 0.15) is 49.7 Å². The summed E-state index contributed by atoms with van der Waals surface area (Å²) in [6.45, 7) is 4.49. The maximum Gasteiger partial charge on any atom is 0.348 e. The minimum absolute atomic E-state index is 0.152. The summed E-state index contributed by atoms with van der Waals surface area (Å²) in [6.07, 6.45) is -0.165. The summed E-state index contributed by atoms with van der Waals surface area (Å²) < 4.78 is 10.7. The average Bonchev–Trinajstić information content (AvgIpc) is 3.40. The first-order valence-corrected chi connectivity index (χ1v) is 12.3. The molecule has 3 rings (SSSR count). The number of carboxylic acids is 1. The van der Waals surface area contributed by atoms with Gasteiger partial charge in [-0.2, -0.15) is 0 Å². The maximum absolute atomic E-state index is 12.8. The highest BCUT2D eigenvalue weighted by atomic mass is 35.5. The number of amides is 2. The normalized spacial score (nSPS) is 18.9. The van der Waals surface area contributed by atoms with Crippen LogP contribution in [0.5, 0.6) is 0 Å². The number of halogens is 2. The molecule has 0 aliphatic carbocycles. The number of ether oxygens (including phenoxy) is 2. The van der Waals surface area contributed by atoms with E-state index in [0.717, 1.165) is 11.3 Å². The zero-order valence-electron chi connectivity index (χ0n) is 19.6. The van der Waals surface area contributed by atoms with E-state index in [1.54, 1.807) is 13.8 Å². The van der Waals surface area contributed by atoms with E-state index in [1.807, 2.05) is 4.90 Å². The third kappa shape index (κ3) is 6.07. The number of methoxy groups -OCH3 is 2. The molecule has 3 atom stereocenters. The van der Waals surface area contributed by atoms with E-state index in [0.29, 0.717) is 35.4 Å². The quantitative estimate of drug-likeness (QED) is 0.374. The lowest BCUT2D eigenvalue weighted by Gasteiger charge is -2.37. The van der Waals surface area contributed by atoms with Gasteiger partial charge in [-0.15, -0.1) is 0 Å². The molecule has 3 heterocycles. The van der Waals surface area contributed by atoms with Crippen molar-refractivity contribution in [3.63, 3.8) is 0 Å². The van der Waals surface area contributed by atoms with Crippen LogP contribution in [0, 0.1) is 6.92 Å². The highest BCUT2D eigenvalue weighted by Gasteiger charge is 2.34. The summed E-state index contributed by atoms with van der Waals surface area (Å²) in [4.78, 5) is 46.0.